The van der Waals surface area contributed by atoms with E-state index in [-0.39, 0.29) is 6.42 Å². The van der Waals surface area contributed by atoms with Gasteiger partial charge in [-0.25, -0.2) is 22.0 Å². The lowest BCUT2D eigenvalue weighted by Crippen LogP contribution is -2.13. The molecule has 1 heterocycles. The maximum absolute atomic E-state index is 13.7. The van der Waals surface area contributed by atoms with Crippen LogP contribution in [-0.2, 0) is 16.3 Å². The van der Waals surface area contributed by atoms with Crippen molar-refractivity contribution < 1.29 is 27.1 Å². The molecule has 0 unspecified atom stereocenters. The second kappa shape index (κ2) is 5.90. The number of hydrogen-bond donors (Lipinski definition) is 1. The number of hydrogen-bond acceptors (Lipinski definition) is 4. The molecule has 2 rings (SSSR count). The highest BCUT2D eigenvalue weighted by Crippen LogP contribution is 2.22. The van der Waals surface area contributed by atoms with E-state index in [1.807, 2.05) is 0 Å². The Morgan fingerprint density at radius 3 is 2.57 bits per heavy atom. The SMILES string of the molecule is O=C(O)c1cc(F)c(F)c(S(=O)(=O)CCc2ccsc2)c1. The van der Waals surface area contributed by atoms with Crippen LogP contribution < -0.4 is 0 Å². The van der Waals surface area contributed by atoms with Crippen molar-refractivity contribution in [3.8, 4) is 0 Å². The standard InChI is InChI=1S/C13H10F2O4S2/c14-10-5-9(13(16)17)6-11(12(10)15)21(18,19)4-2-8-1-3-20-7-8/h1,3,5-7H,2,4H2,(H,16,17). The van der Waals surface area contributed by atoms with Gasteiger partial charge in [-0.1, -0.05) is 0 Å². The van der Waals surface area contributed by atoms with E-state index in [0.29, 0.717) is 12.1 Å². The second-order valence-electron chi connectivity index (χ2n) is 4.28. The fraction of sp³-hybridized carbons (Fsp3) is 0.154. The summed E-state index contributed by atoms with van der Waals surface area (Å²) in [6.07, 6.45) is 0.143. The van der Waals surface area contributed by atoms with Gasteiger partial charge in [0.15, 0.2) is 21.5 Å². The Hall–Kier alpha value is -1.80. The van der Waals surface area contributed by atoms with Crippen LogP contribution in [0.1, 0.15) is 15.9 Å². The van der Waals surface area contributed by atoms with Gasteiger partial charge >= 0.3 is 5.97 Å². The summed E-state index contributed by atoms with van der Waals surface area (Å²) >= 11 is 1.39. The number of sulfone groups is 1. The Morgan fingerprint density at radius 1 is 1.29 bits per heavy atom. The van der Waals surface area contributed by atoms with E-state index in [4.69, 9.17) is 5.11 Å². The van der Waals surface area contributed by atoms with Crippen molar-refractivity contribution in [3.05, 3.63) is 51.7 Å². The summed E-state index contributed by atoms with van der Waals surface area (Å²) in [5.41, 5.74) is 0.154. The van der Waals surface area contributed by atoms with Gasteiger partial charge in [-0.15, -0.1) is 0 Å². The Kier molecular flexibility index (Phi) is 4.38. The lowest BCUT2D eigenvalue weighted by Gasteiger charge is -2.07. The molecule has 2 aromatic rings. The van der Waals surface area contributed by atoms with Gasteiger partial charge in [0.2, 0.25) is 0 Å². The summed E-state index contributed by atoms with van der Waals surface area (Å²) in [6, 6.07) is 2.82. The lowest BCUT2D eigenvalue weighted by atomic mass is 10.2. The van der Waals surface area contributed by atoms with Crippen LogP contribution in [0.2, 0.25) is 0 Å². The zero-order chi connectivity index (χ0) is 15.6. The van der Waals surface area contributed by atoms with Gasteiger partial charge in [-0.3, -0.25) is 0 Å². The van der Waals surface area contributed by atoms with Gasteiger partial charge in [0, 0.05) is 0 Å². The van der Waals surface area contributed by atoms with Gasteiger partial charge in [-0.05, 0) is 40.9 Å². The fourth-order valence-corrected chi connectivity index (χ4v) is 3.82. The lowest BCUT2D eigenvalue weighted by molar-refractivity contribution is 0.0696. The Morgan fingerprint density at radius 2 is 2.00 bits per heavy atom. The molecule has 1 aromatic carbocycles. The van der Waals surface area contributed by atoms with Crippen LogP contribution in [0.5, 0.6) is 0 Å². The Balaban J connectivity index is 2.37. The molecule has 0 amide bonds. The predicted molar refractivity (Wildman–Crippen MR) is 73.4 cm³/mol. The highest BCUT2D eigenvalue weighted by Gasteiger charge is 2.24. The molecular formula is C13H10F2O4S2. The average Bonchev–Trinajstić information content (AvgIpc) is 2.92. The topological polar surface area (TPSA) is 71.4 Å². The van der Waals surface area contributed by atoms with E-state index in [0.717, 1.165) is 5.56 Å². The molecule has 0 saturated heterocycles. The number of halogens is 2. The van der Waals surface area contributed by atoms with Crippen molar-refractivity contribution in [2.75, 3.05) is 5.75 Å². The smallest absolute Gasteiger partial charge is 0.335 e. The number of aryl methyl sites for hydroxylation is 1. The van der Waals surface area contributed by atoms with Crippen LogP contribution >= 0.6 is 11.3 Å². The summed E-state index contributed by atoms with van der Waals surface area (Å²) in [5, 5.41) is 12.3. The molecule has 1 aromatic heterocycles. The van der Waals surface area contributed by atoms with Crippen molar-refractivity contribution in [1.82, 2.24) is 0 Å². The molecule has 21 heavy (non-hydrogen) atoms. The molecule has 112 valence electrons. The second-order valence-corrected chi connectivity index (χ2v) is 7.13. The van der Waals surface area contributed by atoms with Crippen LogP contribution in [0.3, 0.4) is 0 Å². The number of carbonyl (C=O) groups is 1. The first-order chi connectivity index (χ1) is 9.81. The molecule has 0 atom stereocenters. The largest absolute Gasteiger partial charge is 0.478 e. The maximum Gasteiger partial charge on any atom is 0.335 e. The van der Waals surface area contributed by atoms with Gasteiger partial charge in [0.1, 0.15) is 4.90 Å². The highest BCUT2D eigenvalue weighted by atomic mass is 32.2. The van der Waals surface area contributed by atoms with Crippen molar-refractivity contribution in [2.24, 2.45) is 0 Å². The van der Waals surface area contributed by atoms with Crippen LogP contribution in [-0.4, -0.2) is 25.2 Å². The van der Waals surface area contributed by atoms with Crippen LogP contribution in [0.15, 0.2) is 33.9 Å². The van der Waals surface area contributed by atoms with Crippen molar-refractivity contribution in [3.63, 3.8) is 0 Å². The van der Waals surface area contributed by atoms with E-state index >= 15 is 0 Å². The first kappa shape index (κ1) is 15.6. The Labute approximate surface area is 123 Å². The first-order valence-corrected chi connectivity index (χ1v) is 8.37. The number of benzene rings is 1. The van der Waals surface area contributed by atoms with E-state index in [1.165, 1.54) is 11.3 Å². The molecule has 0 bridgehead atoms. The summed E-state index contributed by atoms with van der Waals surface area (Å²) in [6.45, 7) is 0. The van der Waals surface area contributed by atoms with E-state index in [9.17, 15) is 22.0 Å². The molecule has 0 aliphatic carbocycles. The minimum Gasteiger partial charge on any atom is -0.478 e. The van der Waals surface area contributed by atoms with Crippen LogP contribution in [0, 0.1) is 11.6 Å². The molecule has 0 radical (unpaired) electrons. The zero-order valence-electron chi connectivity index (χ0n) is 10.5. The van der Waals surface area contributed by atoms with E-state index in [1.54, 1.807) is 16.8 Å². The number of carboxylic acid groups (broad SMARTS) is 1. The molecular weight excluding hydrogens is 322 g/mol. The third kappa shape index (κ3) is 3.45. The van der Waals surface area contributed by atoms with Gasteiger partial charge < -0.3 is 5.11 Å². The number of thiophene rings is 1. The van der Waals surface area contributed by atoms with Gasteiger partial charge in [0.25, 0.3) is 0 Å². The average molecular weight is 332 g/mol. The van der Waals surface area contributed by atoms with Crippen molar-refractivity contribution >= 4 is 27.1 Å². The van der Waals surface area contributed by atoms with E-state index < -0.39 is 43.7 Å². The molecule has 0 aliphatic heterocycles. The van der Waals surface area contributed by atoms with Crippen LogP contribution in [0.4, 0.5) is 8.78 Å². The third-order valence-corrected chi connectivity index (χ3v) is 5.26. The molecule has 4 nitrogen and oxygen atoms in total. The minimum atomic E-state index is -4.12. The van der Waals surface area contributed by atoms with Crippen LogP contribution in [0.25, 0.3) is 0 Å². The quantitative estimate of drug-likeness (QED) is 0.914. The van der Waals surface area contributed by atoms with Gasteiger partial charge in [0.05, 0.1) is 11.3 Å². The number of rotatable bonds is 5. The molecule has 0 fully saturated rings. The molecule has 0 spiro atoms. The molecule has 0 saturated carbocycles. The monoisotopic (exact) mass is 332 g/mol. The number of carboxylic acids is 1. The maximum atomic E-state index is 13.7. The first-order valence-electron chi connectivity index (χ1n) is 5.77. The number of aromatic carboxylic acids is 1. The van der Waals surface area contributed by atoms with Crippen molar-refractivity contribution in [1.29, 1.82) is 0 Å². The fourth-order valence-electron chi connectivity index (χ4n) is 1.71. The third-order valence-electron chi connectivity index (χ3n) is 2.82. The molecule has 0 aliphatic rings. The molecule has 8 heteroatoms. The summed E-state index contributed by atoms with van der Waals surface area (Å²) in [7, 11) is -4.12. The molecule has 1 N–H and O–H groups in total. The summed E-state index contributed by atoms with van der Waals surface area (Å²) < 4.78 is 51.2. The predicted octanol–water partition coefficient (Wildman–Crippen LogP) is 2.74. The Bertz CT molecular complexity index is 768. The van der Waals surface area contributed by atoms with Gasteiger partial charge in [-0.2, -0.15) is 11.3 Å². The summed E-state index contributed by atoms with van der Waals surface area (Å²) in [5.74, 6) is -5.00. The van der Waals surface area contributed by atoms with Crippen molar-refractivity contribution in [2.45, 2.75) is 11.3 Å². The summed E-state index contributed by atoms with van der Waals surface area (Å²) in [4.78, 5) is 9.88. The zero-order valence-corrected chi connectivity index (χ0v) is 12.2. The normalized spacial score (nSPS) is 11.5. The highest BCUT2D eigenvalue weighted by molar-refractivity contribution is 7.91. The minimum absolute atomic E-state index is 0.143. The van der Waals surface area contributed by atoms with E-state index in [2.05, 4.69) is 0 Å².